The summed E-state index contributed by atoms with van der Waals surface area (Å²) in [6.45, 7) is 4.54. The number of nitrogens with zero attached hydrogens (tertiary/aromatic N) is 1. The lowest BCUT2D eigenvalue weighted by molar-refractivity contribution is -0.135. The lowest BCUT2D eigenvalue weighted by atomic mass is 9.83. The van der Waals surface area contributed by atoms with Crippen molar-refractivity contribution in [3.63, 3.8) is 0 Å². The molecule has 2 aromatic rings. The second-order valence-corrected chi connectivity index (χ2v) is 6.32. The van der Waals surface area contributed by atoms with Gasteiger partial charge in [0.15, 0.2) is 0 Å². The van der Waals surface area contributed by atoms with Gasteiger partial charge in [-0.3, -0.25) is 4.79 Å². The SMILES string of the molecule is CN(Cc1ccsc1)C(=O)C(C)(C)c1ccc(N)cc1. The van der Waals surface area contributed by atoms with Crippen molar-refractivity contribution in [3.8, 4) is 0 Å². The van der Waals surface area contributed by atoms with Gasteiger partial charge in [0.25, 0.3) is 0 Å². The molecule has 4 heteroatoms. The average Bonchev–Trinajstić information content (AvgIpc) is 2.91. The highest BCUT2D eigenvalue weighted by atomic mass is 32.1. The number of benzene rings is 1. The molecule has 0 aliphatic rings. The number of rotatable bonds is 4. The molecule has 0 saturated carbocycles. The quantitative estimate of drug-likeness (QED) is 0.878. The van der Waals surface area contributed by atoms with E-state index in [0.29, 0.717) is 12.2 Å². The smallest absolute Gasteiger partial charge is 0.232 e. The molecule has 0 aliphatic heterocycles. The third-order valence-electron chi connectivity index (χ3n) is 3.51. The predicted molar refractivity (Wildman–Crippen MR) is 84.7 cm³/mol. The second-order valence-electron chi connectivity index (χ2n) is 5.54. The molecule has 0 fully saturated rings. The zero-order valence-corrected chi connectivity index (χ0v) is 12.9. The van der Waals surface area contributed by atoms with Gasteiger partial charge in [-0.05, 0) is 53.9 Å². The number of thiophene rings is 1. The Morgan fingerprint density at radius 3 is 2.45 bits per heavy atom. The van der Waals surface area contributed by atoms with Crippen molar-refractivity contribution < 1.29 is 4.79 Å². The number of carbonyl (C=O) groups excluding carboxylic acids is 1. The van der Waals surface area contributed by atoms with E-state index in [0.717, 1.165) is 5.56 Å². The highest BCUT2D eigenvalue weighted by Gasteiger charge is 2.32. The second kappa shape index (κ2) is 5.67. The van der Waals surface area contributed by atoms with E-state index >= 15 is 0 Å². The fraction of sp³-hybridized carbons (Fsp3) is 0.312. The normalized spacial score (nSPS) is 11.3. The average molecular weight is 288 g/mol. The van der Waals surface area contributed by atoms with Crippen molar-refractivity contribution in [2.45, 2.75) is 25.8 Å². The maximum atomic E-state index is 12.7. The molecule has 2 N–H and O–H groups in total. The van der Waals surface area contributed by atoms with Crippen molar-refractivity contribution in [1.82, 2.24) is 4.90 Å². The Kier molecular flexibility index (Phi) is 4.14. The van der Waals surface area contributed by atoms with Crippen LogP contribution >= 0.6 is 11.3 Å². The summed E-state index contributed by atoms with van der Waals surface area (Å²) in [5.41, 5.74) is 8.00. The molecule has 0 aliphatic carbocycles. The van der Waals surface area contributed by atoms with Gasteiger partial charge in [0, 0.05) is 19.3 Å². The summed E-state index contributed by atoms with van der Waals surface area (Å²) in [7, 11) is 1.85. The molecule has 106 valence electrons. The van der Waals surface area contributed by atoms with Crippen LogP contribution in [-0.2, 0) is 16.8 Å². The van der Waals surface area contributed by atoms with E-state index in [1.807, 2.05) is 56.6 Å². The van der Waals surface area contributed by atoms with Crippen LogP contribution in [0.3, 0.4) is 0 Å². The predicted octanol–water partition coefficient (Wildman–Crippen LogP) is 3.27. The van der Waals surface area contributed by atoms with Gasteiger partial charge in [0.1, 0.15) is 0 Å². The van der Waals surface area contributed by atoms with Crippen molar-refractivity contribution >= 4 is 22.9 Å². The minimum Gasteiger partial charge on any atom is -0.399 e. The third kappa shape index (κ3) is 3.02. The van der Waals surface area contributed by atoms with Crippen molar-refractivity contribution in [2.24, 2.45) is 0 Å². The first kappa shape index (κ1) is 14.6. The molecule has 2 rings (SSSR count). The molecular formula is C16H20N2OS. The molecule has 3 nitrogen and oxygen atoms in total. The Bertz CT molecular complexity index is 573. The summed E-state index contributed by atoms with van der Waals surface area (Å²) >= 11 is 1.65. The van der Waals surface area contributed by atoms with Crippen molar-refractivity contribution in [1.29, 1.82) is 0 Å². The van der Waals surface area contributed by atoms with E-state index in [2.05, 4.69) is 5.38 Å². The van der Waals surface area contributed by atoms with E-state index < -0.39 is 5.41 Å². The Morgan fingerprint density at radius 1 is 1.25 bits per heavy atom. The molecule has 1 aromatic carbocycles. The molecule has 0 radical (unpaired) electrons. The standard InChI is InChI=1S/C16H20N2OS/c1-16(2,13-4-6-14(17)7-5-13)15(19)18(3)10-12-8-9-20-11-12/h4-9,11H,10,17H2,1-3H3. The van der Waals surface area contributed by atoms with Gasteiger partial charge >= 0.3 is 0 Å². The van der Waals surface area contributed by atoms with Gasteiger partial charge in [-0.25, -0.2) is 0 Å². The lowest BCUT2D eigenvalue weighted by Crippen LogP contribution is -2.40. The van der Waals surface area contributed by atoms with E-state index in [1.54, 1.807) is 16.2 Å². The Morgan fingerprint density at radius 2 is 1.90 bits per heavy atom. The van der Waals surface area contributed by atoms with Crippen LogP contribution in [0.1, 0.15) is 25.0 Å². The van der Waals surface area contributed by atoms with Crippen LogP contribution in [0.5, 0.6) is 0 Å². The zero-order chi connectivity index (χ0) is 14.8. The number of hydrogen-bond acceptors (Lipinski definition) is 3. The van der Waals surface area contributed by atoms with E-state index in [-0.39, 0.29) is 5.91 Å². The number of likely N-dealkylation sites (N-methyl/N-ethyl adjacent to an activating group) is 1. The topological polar surface area (TPSA) is 46.3 Å². The van der Waals surface area contributed by atoms with Gasteiger partial charge in [0.05, 0.1) is 5.41 Å². The summed E-state index contributed by atoms with van der Waals surface area (Å²) in [4.78, 5) is 14.5. The number of hydrogen-bond donors (Lipinski definition) is 1. The first-order valence-corrected chi connectivity index (χ1v) is 7.48. The number of amides is 1. The molecule has 0 unspecified atom stereocenters. The minimum absolute atomic E-state index is 0.105. The number of anilines is 1. The fourth-order valence-corrected chi connectivity index (χ4v) is 2.89. The van der Waals surface area contributed by atoms with Crippen LogP contribution in [0.25, 0.3) is 0 Å². The fourth-order valence-electron chi connectivity index (χ4n) is 2.23. The molecule has 0 saturated heterocycles. The van der Waals surface area contributed by atoms with Gasteiger partial charge < -0.3 is 10.6 Å². The highest BCUT2D eigenvalue weighted by Crippen LogP contribution is 2.26. The summed E-state index contributed by atoms with van der Waals surface area (Å²) in [6.07, 6.45) is 0. The molecule has 0 atom stereocenters. The van der Waals surface area contributed by atoms with Crippen LogP contribution < -0.4 is 5.73 Å². The van der Waals surface area contributed by atoms with Crippen LogP contribution in [0.4, 0.5) is 5.69 Å². The Hall–Kier alpha value is -1.81. The largest absolute Gasteiger partial charge is 0.399 e. The van der Waals surface area contributed by atoms with Crippen LogP contribution in [0.15, 0.2) is 41.1 Å². The van der Waals surface area contributed by atoms with E-state index in [1.165, 1.54) is 5.56 Å². The van der Waals surface area contributed by atoms with Crippen LogP contribution in [0.2, 0.25) is 0 Å². The van der Waals surface area contributed by atoms with Crippen LogP contribution in [-0.4, -0.2) is 17.9 Å². The molecule has 0 bridgehead atoms. The van der Waals surface area contributed by atoms with E-state index in [4.69, 9.17) is 5.73 Å². The minimum atomic E-state index is -0.557. The zero-order valence-electron chi connectivity index (χ0n) is 12.1. The van der Waals surface area contributed by atoms with Gasteiger partial charge in [0.2, 0.25) is 5.91 Å². The molecular weight excluding hydrogens is 268 g/mol. The number of nitrogen functional groups attached to an aromatic ring is 1. The number of carbonyl (C=O) groups is 1. The summed E-state index contributed by atoms with van der Waals surface area (Å²) in [6, 6.07) is 9.56. The van der Waals surface area contributed by atoms with Gasteiger partial charge in [-0.1, -0.05) is 12.1 Å². The lowest BCUT2D eigenvalue weighted by Gasteiger charge is -2.29. The Balaban J connectivity index is 2.15. The first-order chi connectivity index (χ1) is 9.41. The summed E-state index contributed by atoms with van der Waals surface area (Å²) < 4.78 is 0. The Labute approximate surface area is 124 Å². The van der Waals surface area contributed by atoms with Gasteiger partial charge in [-0.2, -0.15) is 11.3 Å². The molecule has 1 heterocycles. The summed E-state index contributed by atoms with van der Waals surface area (Å²) in [5, 5.41) is 4.10. The first-order valence-electron chi connectivity index (χ1n) is 6.54. The maximum absolute atomic E-state index is 12.7. The number of nitrogens with two attached hydrogens (primary N) is 1. The third-order valence-corrected chi connectivity index (χ3v) is 4.25. The van der Waals surface area contributed by atoms with Gasteiger partial charge in [-0.15, -0.1) is 0 Å². The molecule has 1 amide bonds. The molecule has 20 heavy (non-hydrogen) atoms. The monoisotopic (exact) mass is 288 g/mol. The molecule has 0 spiro atoms. The van der Waals surface area contributed by atoms with E-state index in [9.17, 15) is 4.79 Å². The maximum Gasteiger partial charge on any atom is 0.232 e. The van der Waals surface area contributed by atoms with Crippen molar-refractivity contribution in [3.05, 3.63) is 52.2 Å². The highest BCUT2D eigenvalue weighted by molar-refractivity contribution is 7.07. The van der Waals surface area contributed by atoms with Crippen molar-refractivity contribution in [2.75, 3.05) is 12.8 Å². The molecule has 1 aromatic heterocycles. The summed E-state index contributed by atoms with van der Waals surface area (Å²) in [5.74, 6) is 0.105. The van der Waals surface area contributed by atoms with Crippen LogP contribution in [0, 0.1) is 0 Å².